The van der Waals surface area contributed by atoms with Crippen LogP contribution in [0.25, 0.3) is 10.8 Å². The maximum atomic E-state index is 13.5. The Balaban J connectivity index is 1.80. The van der Waals surface area contributed by atoms with E-state index in [0.717, 1.165) is 47.6 Å². The van der Waals surface area contributed by atoms with Crippen molar-refractivity contribution in [2.45, 2.75) is 44.2 Å². The molecule has 142 valence electrons. The summed E-state index contributed by atoms with van der Waals surface area (Å²) < 4.78 is 5.06. The van der Waals surface area contributed by atoms with Crippen molar-refractivity contribution < 1.29 is 14.3 Å². The molecule has 1 fully saturated rings. The lowest BCUT2D eigenvalue weighted by molar-refractivity contribution is -0.127. The summed E-state index contributed by atoms with van der Waals surface area (Å²) in [6, 6.07) is 11.3. The second-order valence-electron chi connectivity index (χ2n) is 7.44. The van der Waals surface area contributed by atoms with Gasteiger partial charge in [-0.05, 0) is 29.9 Å². The molecule has 0 saturated heterocycles. The van der Waals surface area contributed by atoms with Gasteiger partial charge < -0.3 is 15.0 Å². The van der Waals surface area contributed by atoms with Gasteiger partial charge in [-0.15, -0.1) is 0 Å². The molecule has 1 atom stereocenters. The highest BCUT2D eigenvalue weighted by Gasteiger charge is 2.41. The van der Waals surface area contributed by atoms with Crippen LogP contribution in [0.15, 0.2) is 36.4 Å². The summed E-state index contributed by atoms with van der Waals surface area (Å²) in [7, 11) is 1.61. The van der Waals surface area contributed by atoms with Gasteiger partial charge in [-0.25, -0.2) is 0 Å². The van der Waals surface area contributed by atoms with Crippen molar-refractivity contribution in [3.05, 3.63) is 47.5 Å². The van der Waals surface area contributed by atoms with Crippen molar-refractivity contribution >= 4 is 22.6 Å². The maximum Gasteiger partial charge on any atom is 0.255 e. The summed E-state index contributed by atoms with van der Waals surface area (Å²) in [6.45, 7) is 0.896. The van der Waals surface area contributed by atoms with Crippen LogP contribution in [0, 0.1) is 0 Å². The van der Waals surface area contributed by atoms with Crippen molar-refractivity contribution in [2.75, 3.05) is 20.3 Å². The number of carbonyl (C=O) groups is 2. The van der Waals surface area contributed by atoms with Gasteiger partial charge in [0.05, 0.1) is 6.61 Å². The Morgan fingerprint density at radius 2 is 1.89 bits per heavy atom. The molecule has 2 amide bonds. The second kappa shape index (κ2) is 7.69. The lowest BCUT2D eigenvalue weighted by Crippen LogP contribution is -2.51. The number of carbonyl (C=O) groups excluding carboxylic acids is 2. The minimum absolute atomic E-state index is 0.0157. The highest BCUT2D eigenvalue weighted by molar-refractivity contribution is 6.13. The number of nitrogens with zero attached hydrogens (tertiary/aromatic N) is 1. The fraction of sp³-hybridized carbons (Fsp3) is 0.455. The first-order valence-electron chi connectivity index (χ1n) is 9.83. The first kappa shape index (κ1) is 18.0. The second-order valence-corrected chi connectivity index (χ2v) is 7.44. The fourth-order valence-electron chi connectivity index (χ4n) is 4.56. The number of amides is 2. The number of ether oxygens (including phenoxy) is 1. The Kier molecular flexibility index (Phi) is 5.12. The highest BCUT2D eigenvalue weighted by atomic mass is 16.5. The Morgan fingerprint density at radius 3 is 2.63 bits per heavy atom. The SMILES string of the molecule is COCCNC(=O)C1c2cccc3cccc(c23)C(=O)N1C1CCCCC1. The summed E-state index contributed by atoms with van der Waals surface area (Å²) in [4.78, 5) is 28.5. The van der Waals surface area contributed by atoms with E-state index >= 15 is 0 Å². The Labute approximate surface area is 159 Å². The summed E-state index contributed by atoms with van der Waals surface area (Å²) in [5.74, 6) is -0.133. The number of methoxy groups -OCH3 is 1. The Hall–Kier alpha value is -2.40. The average Bonchev–Trinajstić information content (AvgIpc) is 2.71. The van der Waals surface area contributed by atoms with Crippen LogP contribution in [0.4, 0.5) is 0 Å². The lowest BCUT2D eigenvalue weighted by atomic mass is 9.85. The van der Waals surface area contributed by atoms with E-state index in [0.29, 0.717) is 13.2 Å². The van der Waals surface area contributed by atoms with Gasteiger partial charge in [0.1, 0.15) is 6.04 Å². The minimum atomic E-state index is -0.573. The molecule has 1 N–H and O–H groups in total. The molecule has 1 saturated carbocycles. The van der Waals surface area contributed by atoms with Crippen LogP contribution in [0.5, 0.6) is 0 Å². The van der Waals surface area contributed by atoms with Gasteiger partial charge in [0.15, 0.2) is 0 Å². The van der Waals surface area contributed by atoms with Gasteiger partial charge in [-0.1, -0.05) is 49.6 Å². The Bertz CT molecular complexity index is 853. The summed E-state index contributed by atoms with van der Waals surface area (Å²) >= 11 is 0. The van der Waals surface area contributed by atoms with Gasteiger partial charge in [-0.2, -0.15) is 0 Å². The van der Waals surface area contributed by atoms with Crippen LogP contribution < -0.4 is 5.32 Å². The molecule has 4 rings (SSSR count). The van der Waals surface area contributed by atoms with E-state index in [9.17, 15) is 9.59 Å². The van der Waals surface area contributed by atoms with Crippen LogP contribution in [0.3, 0.4) is 0 Å². The molecule has 1 unspecified atom stereocenters. The maximum absolute atomic E-state index is 13.5. The van der Waals surface area contributed by atoms with Crippen LogP contribution in [-0.2, 0) is 9.53 Å². The zero-order valence-electron chi connectivity index (χ0n) is 15.7. The number of rotatable bonds is 5. The zero-order valence-corrected chi connectivity index (χ0v) is 15.7. The molecule has 5 nitrogen and oxygen atoms in total. The smallest absolute Gasteiger partial charge is 0.255 e. The van der Waals surface area contributed by atoms with E-state index in [1.54, 1.807) is 7.11 Å². The average molecular weight is 366 g/mol. The monoisotopic (exact) mass is 366 g/mol. The van der Waals surface area contributed by atoms with Crippen molar-refractivity contribution in [2.24, 2.45) is 0 Å². The predicted octanol–water partition coefficient (Wildman–Crippen LogP) is 3.43. The van der Waals surface area contributed by atoms with E-state index in [-0.39, 0.29) is 17.9 Å². The highest BCUT2D eigenvalue weighted by Crippen LogP contribution is 2.40. The summed E-state index contributed by atoms with van der Waals surface area (Å²) in [6.07, 6.45) is 5.35. The molecule has 0 spiro atoms. The van der Waals surface area contributed by atoms with Crippen molar-refractivity contribution in [1.29, 1.82) is 0 Å². The molecule has 1 aliphatic heterocycles. The Morgan fingerprint density at radius 1 is 1.15 bits per heavy atom. The third kappa shape index (κ3) is 3.21. The van der Waals surface area contributed by atoms with Crippen molar-refractivity contribution in [3.63, 3.8) is 0 Å². The quantitative estimate of drug-likeness (QED) is 0.825. The summed E-state index contributed by atoms with van der Waals surface area (Å²) in [5, 5.41) is 4.89. The third-order valence-corrected chi connectivity index (χ3v) is 5.80. The molecule has 5 heteroatoms. The van der Waals surface area contributed by atoms with E-state index in [4.69, 9.17) is 4.74 Å². The molecule has 2 aliphatic rings. The van der Waals surface area contributed by atoms with Gasteiger partial charge in [0.2, 0.25) is 5.91 Å². The number of hydrogen-bond acceptors (Lipinski definition) is 3. The molecule has 1 heterocycles. The van der Waals surface area contributed by atoms with Crippen LogP contribution >= 0.6 is 0 Å². The number of hydrogen-bond donors (Lipinski definition) is 1. The summed E-state index contributed by atoms with van der Waals surface area (Å²) in [5.41, 5.74) is 1.65. The molecule has 0 bridgehead atoms. The fourth-order valence-corrected chi connectivity index (χ4v) is 4.56. The van der Waals surface area contributed by atoms with E-state index in [2.05, 4.69) is 5.32 Å². The van der Waals surface area contributed by atoms with Crippen molar-refractivity contribution in [1.82, 2.24) is 10.2 Å². The van der Waals surface area contributed by atoms with E-state index in [1.165, 1.54) is 6.42 Å². The van der Waals surface area contributed by atoms with Crippen LogP contribution in [0.1, 0.15) is 54.1 Å². The molecular weight excluding hydrogens is 340 g/mol. The number of benzene rings is 2. The lowest BCUT2D eigenvalue weighted by Gasteiger charge is -2.42. The van der Waals surface area contributed by atoms with Gasteiger partial charge >= 0.3 is 0 Å². The van der Waals surface area contributed by atoms with Crippen LogP contribution in [0.2, 0.25) is 0 Å². The molecule has 2 aromatic carbocycles. The molecule has 27 heavy (non-hydrogen) atoms. The topological polar surface area (TPSA) is 58.6 Å². The van der Waals surface area contributed by atoms with Crippen molar-refractivity contribution in [3.8, 4) is 0 Å². The van der Waals surface area contributed by atoms with Gasteiger partial charge in [0.25, 0.3) is 5.91 Å². The molecule has 0 radical (unpaired) electrons. The normalized spacial score (nSPS) is 20.1. The standard InChI is InChI=1S/C22H26N2O3/c1-27-14-13-23-21(25)20-17-11-5-7-15-8-6-12-18(19(15)17)22(26)24(20)16-9-3-2-4-10-16/h5-8,11-12,16,20H,2-4,9-10,13-14H2,1H3,(H,23,25). The molecular formula is C22H26N2O3. The molecule has 0 aromatic heterocycles. The van der Waals surface area contributed by atoms with Crippen LogP contribution in [-0.4, -0.2) is 43.0 Å². The third-order valence-electron chi connectivity index (χ3n) is 5.80. The minimum Gasteiger partial charge on any atom is -0.383 e. The zero-order chi connectivity index (χ0) is 18.8. The van der Waals surface area contributed by atoms with Gasteiger partial charge in [-0.3, -0.25) is 9.59 Å². The molecule has 2 aromatic rings. The number of nitrogens with one attached hydrogen (secondary N) is 1. The first-order valence-corrected chi connectivity index (χ1v) is 9.83. The van der Waals surface area contributed by atoms with Gasteiger partial charge in [0, 0.05) is 30.6 Å². The first-order chi connectivity index (χ1) is 13.2. The largest absolute Gasteiger partial charge is 0.383 e. The van der Waals surface area contributed by atoms with E-state index in [1.807, 2.05) is 41.3 Å². The molecule has 1 aliphatic carbocycles. The van der Waals surface area contributed by atoms with E-state index < -0.39 is 6.04 Å². The predicted molar refractivity (Wildman–Crippen MR) is 105 cm³/mol.